The molecule has 2 saturated heterocycles. The topological polar surface area (TPSA) is 39.7 Å². The van der Waals surface area contributed by atoms with Gasteiger partial charge in [0.05, 0.1) is 5.88 Å². The number of thioether (sulfide) groups is 1. The van der Waals surface area contributed by atoms with Crippen LogP contribution in [0.25, 0.3) is 0 Å². The van der Waals surface area contributed by atoms with Crippen molar-refractivity contribution in [3.63, 3.8) is 0 Å². The summed E-state index contributed by atoms with van der Waals surface area (Å²) in [5, 5.41) is 0. The van der Waals surface area contributed by atoms with Crippen molar-refractivity contribution in [3.8, 4) is 0 Å². The molecule has 1 amide bonds. The van der Waals surface area contributed by atoms with Gasteiger partial charge in [0.1, 0.15) is 5.82 Å². The number of carbonyl (C=O) groups excluding carboxylic acids is 1. The lowest BCUT2D eigenvalue weighted by molar-refractivity contribution is 0.0746. The van der Waals surface area contributed by atoms with Crippen LogP contribution < -0.4 is 9.80 Å². The van der Waals surface area contributed by atoms with E-state index in [1.165, 1.54) is 22.6 Å². The fourth-order valence-electron chi connectivity index (χ4n) is 3.78. The summed E-state index contributed by atoms with van der Waals surface area (Å²) < 4.78 is 0. The van der Waals surface area contributed by atoms with Crippen LogP contribution in [0.2, 0.25) is 0 Å². The highest BCUT2D eigenvalue weighted by Crippen LogP contribution is 2.24. The Labute approximate surface area is 165 Å². The lowest BCUT2D eigenvalue weighted by Gasteiger charge is -2.36. The van der Waals surface area contributed by atoms with Crippen LogP contribution in [0.4, 0.5) is 11.5 Å². The molecule has 1 aromatic carbocycles. The number of hydrogen-bond acceptors (Lipinski definition) is 5. The molecule has 0 radical (unpaired) electrons. The number of rotatable bonds is 3. The third-order valence-electron chi connectivity index (χ3n) is 5.29. The van der Waals surface area contributed by atoms with E-state index in [4.69, 9.17) is 0 Å². The van der Waals surface area contributed by atoms with Crippen LogP contribution in [-0.2, 0) is 0 Å². The Morgan fingerprint density at radius 2 is 1.74 bits per heavy atom. The molecule has 142 valence electrons. The third-order valence-corrected chi connectivity index (χ3v) is 6.25. The number of nitrogens with zero attached hydrogens (tertiary/aromatic N) is 4. The molecule has 2 fully saturated rings. The van der Waals surface area contributed by atoms with Gasteiger partial charge in [-0.15, -0.1) is 11.8 Å². The normalized spacial score (nSPS) is 17.5. The molecule has 4 rings (SSSR count). The van der Waals surface area contributed by atoms with Crippen molar-refractivity contribution in [2.75, 3.05) is 54.2 Å². The smallest absolute Gasteiger partial charge is 0.253 e. The van der Waals surface area contributed by atoms with Crippen molar-refractivity contribution in [2.24, 2.45) is 0 Å². The summed E-state index contributed by atoms with van der Waals surface area (Å²) in [6, 6.07) is 10.3. The van der Waals surface area contributed by atoms with Gasteiger partial charge < -0.3 is 14.7 Å². The molecule has 1 aromatic heterocycles. The van der Waals surface area contributed by atoms with Gasteiger partial charge in [-0.2, -0.15) is 0 Å². The standard InChI is InChI=1S/C21H26N4OS/c1-16-13-17(2)20(22-14-16)23-7-9-24(10-8-23)21(26)18-3-5-19(6-4-18)25-11-12-27-15-25/h3-6,13-14H,7-12,15H2,1-2H3. The van der Waals surface area contributed by atoms with Gasteiger partial charge in [-0.05, 0) is 49.2 Å². The van der Waals surface area contributed by atoms with E-state index in [0.717, 1.165) is 50.0 Å². The fourth-order valence-corrected chi connectivity index (χ4v) is 4.75. The van der Waals surface area contributed by atoms with E-state index in [0.29, 0.717) is 0 Å². The van der Waals surface area contributed by atoms with Crippen molar-refractivity contribution in [2.45, 2.75) is 13.8 Å². The van der Waals surface area contributed by atoms with Gasteiger partial charge in [-0.25, -0.2) is 4.98 Å². The first-order chi connectivity index (χ1) is 13.1. The van der Waals surface area contributed by atoms with Crippen LogP contribution in [0.15, 0.2) is 36.5 Å². The Bertz CT molecular complexity index is 809. The predicted octanol–water partition coefficient (Wildman–Crippen LogP) is 3.17. The Morgan fingerprint density at radius 3 is 2.37 bits per heavy atom. The highest BCUT2D eigenvalue weighted by Gasteiger charge is 2.24. The van der Waals surface area contributed by atoms with Crippen LogP contribution >= 0.6 is 11.8 Å². The third kappa shape index (κ3) is 3.90. The van der Waals surface area contributed by atoms with Gasteiger partial charge in [-0.1, -0.05) is 6.07 Å². The largest absolute Gasteiger partial charge is 0.361 e. The van der Waals surface area contributed by atoms with Crippen LogP contribution in [0.5, 0.6) is 0 Å². The molecule has 0 atom stereocenters. The zero-order chi connectivity index (χ0) is 18.8. The molecule has 0 bridgehead atoms. The van der Waals surface area contributed by atoms with Crippen LogP contribution in [0.1, 0.15) is 21.5 Å². The fraction of sp³-hybridized carbons (Fsp3) is 0.429. The maximum absolute atomic E-state index is 12.9. The van der Waals surface area contributed by atoms with E-state index in [1.807, 2.05) is 35.0 Å². The molecule has 0 N–H and O–H groups in total. The highest BCUT2D eigenvalue weighted by molar-refractivity contribution is 7.99. The number of pyridine rings is 1. The number of aryl methyl sites for hydroxylation is 2. The zero-order valence-corrected chi connectivity index (χ0v) is 16.8. The maximum Gasteiger partial charge on any atom is 0.253 e. The van der Waals surface area contributed by atoms with Crippen LogP contribution in [0.3, 0.4) is 0 Å². The highest BCUT2D eigenvalue weighted by atomic mass is 32.2. The average molecular weight is 383 g/mol. The van der Waals surface area contributed by atoms with E-state index in [2.05, 4.69) is 46.8 Å². The van der Waals surface area contributed by atoms with Gasteiger partial charge >= 0.3 is 0 Å². The van der Waals surface area contributed by atoms with Crippen molar-refractivity contribution in [3.05, 3.63) is 53.2 Å². The van der Waals surface area contributed by atoms with Gasteiger partial charge in [0.25, 0.3) is 5.91 Å². The summed E-state index contributed by atoms with van der Waals surface area (Å²) in [6.07, 6.45) is 1.92. The van der Waals surface area contributed by atoms with Crippen molar-refractivity contribution < 1.29 is 4.79 Å². The molecule has 6 heteroatoms. The molecule has 2 aliphatic rings. The number of aromatic nitrogens is 1. The minimum atomic E-state index is 0.130. The summed E-state index contributed by atoms with van der Waals surface area (Å²) >= 11 is 1.95. The molecule has 0 spiro atoms. The van der Waals surface area contributed by atoms with Crippen LogP contribution in [-0.4, -0.2) is 60.1 Å². The summed E-state index contributed by atoms with van der Waals surface area (Å²) in [5.74, 6) is 3.40. The molecule has 0 saturated carbocycles. The van der Waals surface area contributed by atoms with Crippen molar-refractivity contribution >= 4 is 29.2 Å². The van der Waals surface area contributed by atoms with E-state index in [9.17, 15) is 4.79 Å². The number of amides is 1. The Kier molecular flexibility index (Phi) is 5.25. The average Bonchev–Trinajstić information content (AvgIpc) is 3.23. The first-order valence-electron chi connectivity index (χ1n) is 9.52. The van der Waals surface area contributed by atoms with E-state index in [1.54, 1.807) is 0 Å². The van der Waals surface area contributed by atoms with E-state index >= 15 is 0 Å². The number of anilines is 2. The summed E-state index contributed by atoms with van der Waals surface area (Å²) in [5.41, 5.74) is 4.37. The number of carbonyl (C=O) groups is 1. The Balaban J connectivity index is 1.38. The van der Waals surface area contributed by atoms with E-state index in [-0.39, 0.29) is 5.91 Å². The number of hydrogen-bond donors (Lipinski definition) is 0. The van der Waals surface area contributed by atoms with Crippen molar-refractivity contribution in [1.29, 1.82) is 0 Å². The van der Waals surface area contributed by atoms with Crippen LogP contribution in [0, 0.1) is 13.8 Å². The molecule has 3 heterocycles. The monoisotopic (exact) mass is 382 g/mol. The lowest BCUT2D eigenvalue weighted by Crippen LogP contribution is -2.49. The maximum atomic E-state index is 12.9. The van der Waals surface area contributed by atoms with Crippen molar-refractivity contribution in [1.82, 2.24) is 9.88 Å². The minimum absolute atomic E-state index is 0.130. The molecule has 0 unspecified atom stereocenters. The first kappa shape index (κ1) is 18.2. The molecule has 27 heavy (non-hydrogen) atoms. The molecule has 5 nitrogen and oxygen atoms in total. The summed E-state index contributed by atoms with van der Waals surface area (Å²) in [4.78, 5) is 24.1. The second-order valence-electron chi connectivity index (χ2n) is 7.28. The second kappa shape index (κ2) is 7.80. The molecular formula is C21H26N4OS. The summed E-state index contributed by atoms with van der Waals surface area (Å²) in [6.45, 7) is 8.38. The quantitative estimate of drug-likeness (QED) is 0.815. The minimum Gasteiger partial charge on any atom is -0.361 e. The zero-order valence-electron chi connectivity index (χ0n) is 16.0. The first-order valence-corrected chi connectivity index (χ1v) is 10.7. The Hall–Kier alpha value is -2.21. The number of piperazine rings is 1. The van der Waals surface area contributed by atoms with Gasteiger partial charge in [-0.3, -0.25) is 4.79 Å². The van der Waals surface area contributed by atoms with Gasteiger partial charge in [0.15, 0.2) is 0 Å². The summed E-state index contributed by atoms with van der Waals surface area (Å²) in [7, 11) is 0. The lowest BCUT2D eigenvalue weighted by atomic mass is 10.1. The molecular weight excluding hydrogens is 356 g/mol. The second-order valence-corrected chi connectivity index (χ2v) is 8.35. The Morgan fingerprint density at radius 1 is 1.00 bits per heavy atom. The molecule has 0 aliphatic carbocycles. The SMILES string of the molecule is Cc1cnc(N2CCN(C(=O)c3ccc(N4CCSC4)cc3)CC2)c(C)c1. The predicted molar refractivity (Wildman–Crippen MR) is 113 cm³/mol. The van der Waals surface area contributed by atoms with Gasteiger partial charge in [0.2, 0.25) is 0 Å². The number of benzene rings is 1. The van der Waals surface area contributed by atoms with Gasteiger partial charge in [0, 0.05) is 55.9 Å². The molecule has 2 aliphatic heterocycles. The van der Waals surface area contributed by atoms with E-state index < -0.39 is 0 Å². The molecule has 2 aromatic rings.